The van der Waals surface area contributed by atoms with E-state index in [-0.39, 0.29) is 12.0 Å². The number of amides is 2. The Labute approximate surface area is 162 Å². The van der Waals surface area contributed by atoms with Gasteiger partial charge in [-0.15, -0.1) is 0 Å². The molecule has 8 heteroatoms. The quantitative estimate of drug-likeness (QED) is 0.870. The molecule has 1 N–H and O–H groups in total. The molecule has 3 rings (SSSR count). The lowest BCUT2D eigenvalue weighted by Crippen LogP contribution is -2.49. The molecule has 2 heterocycles. The second-order valence-corrected chi connectivity index (χ2v) is 6.48. The number of ether oxygens (including phenoxy) is 1. The number of anilines is 2. The normalized spacial score (nSPS) is 14.0. The monoisotopic (exact) mass is 388 g/mol. The van der Waals surface area contributed by atoms with E-state index in [1.54, 1.807) is 48.4 Å². The second-order valence-electron chi connectivity index (χ2n) is 6.04. The van der Waals surface area contributed by atoms with Gasteiger partial charge >= 0.3 is 6.09 Å². The highest BCUT2D eigenvalue weighted by molar-refractivity contribution is 6.31. The smallest absolute Gasteiger partial charge is 0.409 e. The molecule has 0 aliphatic carbocycles. The average Bonchev–Trinajstić information content (AvgIpc) is 2.69. The molecule has 1 aromatic heterocycles. The highest BCUT2D eigenvalue weighted by Gasteiger charge is 2.22. The number of halogens is 1. The van der Waals surface area contributed by atoms with Gasteiger partial charge in [0.1, 0.15) is 5.82 Å². The summed E-state index contributed by atoms with van der Waals surface area (Å²) in [6, 6.07) is 10.4. The van der Waals surface area contributed by atoms with Crippen LogP contribution in [0.5, 0.6) is 0 Å². The van der Waals surface area contributed by atoms with Crippen LogP contribution in [0.15, 0.2) is 42.6 Å². The molecule has 2 amide bonds. The van der Waals surface area contributed by atoms with Crippen LogP contribution in [0.1, 0.15) is 17.3 Å². The van der Waals surface area contributed by atoms with Crippen molar-refractivity contribution in [3.63, 3.8) is 0 Å². The molecule has 0 atom stereocenters. The van der Waals surface area contributed by atoms with Crippen LogP contribution in [0.2, 0.25) is 5.02 Å². The van der Waals surface area contributed by atoms with E-state index in [9.17, 15) is 9.59 Å². The van der Waals surface area contributed by atoms with Crippen molar-refractivity contribution in [3.8, 4) is 0 Å². The fraction of sp³-hybridized carbons (Fsp3) is 0.316. The number of carbonyl (C=O) groups is 2. The summed E-state index contributed by atoms with van der Waals surface area (Å²) < 4.78 is 5.03. The van der Waals surface area contributed by atoms with E-state index in [0.717, 1.165) is 5.69 Å². The number of rotatable bonds is 4. The number of benzene rings is 1. The molecule has 7 nitrogen and oxygen atoms in total. The first kappa shape index (κ1) is 19.0. The van der Waals surface area contributed by atoms with E-state index in [2.05, 4.69) is 15.2 Å². The first-order valence-corrected chi connectivity index (χ1v) is 9.14. The first-order chi connectivity index (χ1) is 13.1. The van der Waals surface area contributed by atoms with Crippen LogP contribution in [-0.2, 0) is 4.74 Å². The van der Waals surface area contributed by atoms with Crippen LogP contribution in [0.4, 0.5) is 16.3 Å². The van der Waals surface area contributed by atoms with E-state index in [1.807, 2.05) is 6.07 Å². The lowest BCUT2D eigenvalue weighted by atomic mass is 10.2. The number of pyridine rings is 1. The van der Waals surface area contributed by atoms with Gasteiger partial charge in [-0.05, 0) is 37.3 Å². The molecule has 1 saturated heterocycles. The molecule has 0 saturated carbocycles. The molecule has 0 spiro atoms. The van der Waals surface area contributed by atoms with E-state index in [4.69, 9.17) is 16.3 Å². The zero-order chi connectivity index (χ0) is 19.2. The van der Waals surface area contributed by atoms with Gasteiger partial charge in [-0.1, -0.05) is 17.7 Å². The van der Waals surface area contributed by atoms with Crippen LogP contribution in [-0.4, -0.2) is 54.7 Å². The molecule has 142 valence electrons. The molecule has 0 bridgehead atoms. The summed E-state index contributed by atoms with van der Waals surface area (Å²) in [5, 5.41) is 3.26. The highest BCUT2D eigenvalue weighted by Crippen LogP contribution is 2.18. The number of piperazine rings is 1. The Morgan fingerprint density at radius 2 is 1.96 bits per heavy atom. The maximum atomic E-state index is 12.2. The molecular formula is C19H21ClN4O3. The van der Waals surface area contributed by atoms with Gasteiger partial charge in [0.25, 0.3) is 5.91 Å². The number of hydrogen-bond donors (Lipinski definition) is 1. The number of nitrogens with zero attached hydrogens (tertiary/aromatic N) is 3. The minimum absolute atomic E-state index is 0.263. The summed E-state index contributed by atoms with van der Waals surface area (Å²) in [6.07, 6.45) is 1.45. The minimum Gasteiger partial charge on any atom is -0.450 e. The summed E-state index contributed by atoms with van der Waals surface area (Å²) in [5.41, 5.74) is 1.42. The third kappa shape index (κ3) is 4.89. The van der Waals surface area contributed by atoms with Crippen molar-refractivity contribution in [2.45, 2.75) is 6.92 Å². The number of carbonyl (C=O) groups excluding carboxylic acids is 2. The van der Waals surface area contributed by atoms with Gasteiger partial charge in [-0.25, -0.2) is 9.78 Å². The molecule has 1 aromatic carbocycles. The van der Waals surface area contributed by atoms with E-state index >= 15 is 0 Å². The van der Waals surface area contributed by atoms with Gasteiger partial charge in [0.2, 0.25) is 0 Å². The van der Waals surface area contributed by atoms with Crippen molar-refractivity contribution in [3.05, 3.63) is 53.2 Å². The van der Waals surface area contributed by atoms with E-state index in [1.165, 1.54) is 0 Å². The Morgan fingerprint density at radius 1 is 1.19 bits per heavy atom. The SMILES string of the molecule is CCOC(=O)N1CCN(c2ccc(NC(=O)c3cccc(Cl)c3)nc2)CC1. The molecule has 1 aliphatic heterocycles. The van der Waals surface area contributed by atoms with Crippen LogP contribution < -0.4 is 10.2 Å². The zero-order valence-corrected chi connectivity index (χ0v) is 15.8. The maximum Gasteiger partial charge on any atom is 0.409 e. The molecule has 27 heavy (non-hydrogen) atoms. The van der Waals surface area contributed by atoms with Crippen LogP contribution in [0.3, 0.4) is 0 Å². The molecule has 1 fully saturated rings. The Bertz CT molecular complexity index is 805. The third-order valence-corrected chi connectivity index (χ3v) is 4.48. The predicted molar refractivity (Wildman–Crippen MR) is 104 cm³/mol. The summed E-state index contributed by atoms with van der Waals surface area (Å²) in [4.78, 5) is 32.1. The number of nitrogens with one attached hydrogen (secondary N) is 1. The van der Waals surface area contributed by atoms with Crippen LogP contribution in [0, 0.1) is 0 Å². The summed E-state index contributed by atoms with van der Waals surface area (Å²) in [6.45, 7) is 4.79. The van der Waals surface area contributed by atoms with Gasteiger partial charge in [-0.2, -0.15) is 0 Å². The van der Waals surface area contributed by atoms with Crippen LogP contribution in [0.25, 0.3) is 0 Å². The second kappa shape index (κ2) is 8.73. The molecule has 1 aliphatic rings. The Balaban J connectivity index is 1.56. The van der Waals surface area contributed by atoms with Gasteiger partial charge in [-0.3, -0.25) is 4.79 Å². The fourth-order valence-electron chi connectivity index (χ4n) is 2.83. The molecule has 2 aromatic rings. The molecule has 0 radical (unpaired) electrons. The largest absolute Gasteiger partial charge is 0.450 e. The highest BCUT2D eigenvalue weighted by atomic mass is 35.5. The third-order valence-electron chi connectivity index (χ3n) is 4.25. The van der Waals surface area contributed by atoms with Gasteiger partial charge in [0.05, 0.1) is 18.5 Å². The van der Waals surface area contributed by atoms with E-state index < -0.39 is 0 Å². The Kier molecular flexibility index (Phi) is 6.13. The summed E-state index contributed by atoms with van der Waals surface area (Å²) in [5.74, 6) is 0.203. The van der Waals surface area contributed by atoms with Crippen molar-refractivity contribution in [2.75, 3.05) is 43.0 Å². The van der Waals surface area contributed by atoms with Crippen molar-refractivity contribution >= 4 is 35.1 Å². The topological polar surface area (TPSA) is 74.8 Å². The van der Waals surface area contributed by atoms with Crippen molar-refractivity contribution in [1.29, 1.82) is 0 Å². The molecular weight excluding hydrogens is 368 g/mol. The van der Waals surface area contributed by atoms with Gasteiger partial charge < -0.3 is 19.9 Å². The Morgan fingerprint density at radius 3 is 2.59 bits per heavy atom. The van der Waals surface area contributed by atoms with Gasteiger partial charge in [0, 0.05) is 36.8 Å². The minimum atomic E-state index is -0.269. The average molecular weight is 389 g/mol. The lowest BCUT2D eigenvalue weighted by molar-refractivity contribution is 0.102. The standard InChI is InChI=1S/C19H21ClN4O3/c1-2-27-19(26)24-10-8-23(9-11-24)16-6-7-17(21-13-16)22-18(25)14-4-3-5-15(20)12-14/h3-7,12-13H,2,8-11H2,1H3,(H,21,22,25). The summed E-state index contributed by atoms with van der Waals surface area (Å²) in [7, 11) is 0. The fourth-order valence-corrected chi connectivity index (χ4v) is 3.02. The first-order valence-electron chi connectivity index (χ1n) is 8.76. The predicted octanol–water partition coefficient (Wildman–Crippen LogP) is 3.27. The number of hydrogen-bond acceptors (Lipinski definition) is 5. The van der Waals surface area contributed by atoms with Crippen molar-refractivity contribution in [1.82, 2.24) is 9.88 Å². The van der Waals surface area contributed by atoms with E-state index in [0.29, 0.717) is 49.2 Å². The van der Waals surface area contributed by atoms with Crippen molar-refractivity contribution in [2.24, 2.45) is 0 Å². The van der Waals surface area contributed by atoms with Gasteiger partial charge in [0.15, 0.2) is 0 Å². The number of aromatic nitrogens is 1. The molecule has 0 unspecified atom stereocenters. The van der Waals surface area contributed by atoms with Crippen LogP contribution >= 0.6 is 11.6 Å². The lowest BCUT2D eigenvalue weighted by Gasteiger charge is -2.35. The summed E-state index contributed by atoms with van der Waals surface area (Å²) >= 11 is 5.91. The maximum absolute atomic E-state index is 12.2. The van der Waals surface area contributed by atoms with Crippen molar-refractivity contribution < 1.29 is 14.3 Å². The Hall–Kier alpha value is -2.80. The zero-order valence-electron chi connectivity index (χ0n) is 15.0.